The van der Waals surface area contributed by atoms with E-state index in [9.17, 15) is 22.8 Å². The molecule has 7 nitrogen and oxygen atoms in total. The molecule has 0 spiro atoms. The molecule has 1 heterocycles. The number of benzene rings is 1. The minimum atomic E-state index is -4.43. The third-order valence-corrected chi connectivity index (χ3v) is 3.62. The molecule has 0 bridgehead atoms. The van der Waals surface area contributed by atoms with Crippen LogP contribution in [0.4, 0.5) is 13.2 Å². The van der Waals surface area contributed by atoms with Gasteiger partial charge in [-0.15, -0.1) is 5.10 Å². The number of methoxy groups -OCH3 is 1. The predicted molar refractivity (Wildman–Crippen MR) is 88.9 cm³/mol. The lowest BCUT2D eigenvalue weighted by Gasteiger charge is -2.09. The molecule has 26 heavy (non-hydrogen) atoms. The number of thioether (sulfide) groups is 1. The van der Waals surface area contributed by atoms with Gasteiger partial charge in [-0.3, -0.25) is 10.1 Å². The molecule has 1 aliphatic heterocycles. The highest BCUT2D eigenvalue weighted by Crippen LogP contribution is 2.23. The number of alkyl halides is 3. The van der Waals surface area contributed by atoms with Crippen LogP contribution in [0, 0.1) is 0 Å². The fourth-order valence-corrected chi connectivity index (χ4v) is 2.38. The first-order valence-electron chi connectivity index (χ1n) is 6.96. The van der Waals surface area contributed by atoms with Gasteiger partial charge in [-0.05, 0) is 29.5 Å². The van der Waals surface area contributed by atoms with E-state index in [0.717, 1.165) is 17.8 Å². The van der Waals surface area contributed by atoms with Crippen molar-refractivity contribution < 1.29 is 32.2 Å². The zero-order valence-corrected chi connectivity index (χ0v) is 14.1. The lowest BCUT2D eigenvalue weighted by Crippen LogP contribution is -2.19. The Hall–Kier alpha value is -2.82. The summed E-state index contributed by atoms with van der Waals surface area (Å²) in [5.74, 6) is -1.16. The summed E-state index contributed by atoms with van der Waals surface area (Å²) in [7, 11) is 1.18. The summed E-state index contributed by atoms with van der Waals surface area (Å²) in [6.45, 7) is -1.39. The van der Waals surface area contributed by atoms with Crippen molar-refractivity contribution in [1.29, 1.82) is 0 Å². The number of hydrogen-bond donors (Lipinski definition) is 1. The number of rotatable bonds is 5. The summed E-state index contributed by atoms with van der Waals surface area (Å²) in [5, 5.41) is 10.1. The fraction of sp³-hybridized carbons (Fsp3) is 0.200. The molecule has 1 aromatic carbocycles. The van der Waals surface area contributed by atoms with Crippen LogP contribution in [0.3, 0.4) is 0 Å². The van der Waals surface area contributed by atoms with Crippen LogP contribution in [-0.2, 0) is 14.3 Å². The lowest BCUT2D eigenvalue weighted by atomic mass is 10.2. The van der Waals surface area contributed by atoms with Crippen molar-refractivity contribution >= 4 is 35.0 Å². The number of hydrogen-bond acceptors (Lipinski definition) is 7. The summed E-state index contributed by atoms with van der Waals surface area (Å²) >= 11 is 0.898. The molecule has 1 aromatic rings. The Morgan fingerprint density at radius 2 is 2.15 bits per heavy atom. The van der Waals surface area contributed by atoms with Crippen LogP contribution in [0.2, 0.25) is 0 Å². The van der Waals surface area contributed by atoms with Gasteiger partial charge in [0, 0.05) is 6.08 Å². The van der Waals surface area contributed by atoms with Crippen molar-refractivity contribution in [2.75, 3.05) is 13.7 Å². The minimum Gasteiger partial charge on any atom is -0.484 e. The molecule has 11 heteroatoms. The fourth-order valence-electron chi connectivity index (χ4n) is 1.64. The van der Waals surface area contributed by atoms with Gasteiger partial charge in [0.2, 0.25) is 0 Å². The quantitative estimate of drug-likeness (QED) is 0.362. The number of halogens is 3. The van der Waals surface area contributed by atoms with Crippen LogP contribution in [0.15, 0.2) is 45.4 Å². The van der Waals surface area contributed by atoms with Gasteiger partial charge in [0.1, 0.15) is 5.75 Å². The predicted octanol–water partition coefficient (Wildman–Crippen LogP) is 2.24. The normalized spacial score (nSPS) is 17.8. The highest BCUT2D eigenvalue weighted by Gasteiger charge is 2.28. The first kappa shape index (κ1) is 19.5. The number of carbonyl (C=O) groups is 2. The minimum absolute atomic E-state index is 0.0331. The molecule has 138 valence electrons. The molecule has 0 radical (unpaired) electrons. The van der Waals surface area contributed by atoms with Gasteiger partial charge in [0.05, 0.1) is 18.2 Å². The Morgan fingerprint density at radius 1 is 1.38 bits per heavy atom. The van der Waals surface area contributed by atoms with E-state index in [0.29, 0.717) is 5.56 Å². The number of esters is 1. The number of carbonyl (C=O) groups excluding carboxylic acids is 2. The van der Waals surface area contributed by atoms with Crippen molar-refractivity contribution in [1.82, 2.24) is 5.32 Å². The number of amides is 1. The lowest BCUT2D eigenvalue weighted by molar-refractivity contribution is -0.153. The van der Waals surface area contributed by atoms with E-state index < -0.39 is 24.7 Å². The van der Waals surface area contributed by atoms with Gasteiger partial charge in [0.15, 0.2) is 11.8 Å². The van der Waals surface area contributed by atoms with Crippen LogP contribution < -0.4 is 10.1 Å². The molecular formula is C15H12F3N3O4S. The topological polar surface area (TPSA) is 89.3 Å². The van der Waals surface area contributed by atoms with Gasteiger partial charge in [0.25, 0.3) is 5.91 Å². The average Bonchev–Trinajstić information content (AvgIpc) is 2.92. The number of nitrogens with zero attached hydrogens (tertiary/aromatic N) is 2. The third-order valence-electron chi connectivity index (χ3n) is 2.72. The second kappa shape index (κ2) is 8.52. The van der Waals surface area contributed by atoms with Crippen LogP contribution >= 0.6 is 11.8 Å². The highest BCUT2D eigenvalue weighted by atomic mass is 32.2. The Labute approximate surface area is 150 Å². The second-order valence-electron chi connectivity index (χ2n) is 4.71. The van der Waals surface area contributed by atoms with Gasteiger partial charge in [-0.2, -0.15) is 18.3 Å². The first-order valence-corrected chi connectivity index (χ1v) is 7.78. The zero-order valence-electron chi connectivity index (χ0n) is 13.2. The summed E-state index contributed by atoms with van der Waals surface area (Å²) < 4.78 is 45.5. The molecule has 0 saturated carbocycles. The number of nitrogens with one attached hydrogen (secondary N) is 1. The molecule has 0 aromatic heterocycles. The average molecular weight is 387 g/mol. The highest BCUT2D eigenvalue weighted by molar-refractivity contribution is 8.18. The van der Waals surface area contributed by atoms with E-state index >= 15 is 0 Å². The molecule has 1 saturated heterocycles. The molecule has 1 amide bonds. The van der Waals surface area contributed by atoms with E-state index in [2.05, 4.69) is 25.0 Å². The molecule has 1 aliphatic rings. The molecule has 1 fully saturated rings. The Morgan fingerprint density at radius 3 is 2.85 bits per heavy atom. The van der Waals surface area contributed by atoms with E-state index in [-0.39, 0.29) is 15.8 Å². The number of ether oxygens (including phenoxy) is 2. The number of amidine groups is 1. The monoisotopic (exact) mass is 387 g/mol. The first-order chi connectivity index (χ1) is 12.3. The Bertz CT molecular complexity index is 791. The van der Waals surface area contributed by atoms with E-state index in [1.54, 1.807) is 6.07 Å². The molecule has 1 N–H and O–H groups in total. The van der Waals surface area contributed by atoms with Crippen LogP contribution in [0.25, 0.3) is 0 Å². The van der Waals surface area contributed by atoms with E-state index in [4.69, 9.17) is 0 Å². The van der Waals surface area contributed by atoms with Gasteiger partial charge in [-0.25, -0.2) is 4.79 Å². The maximum absolute atomic E-state index is 12.1. The van der Waals surface area contributed by atoms with E-state index in [1.807, 2.05) is 0 Å². The SMILES string of the molecule is COC(=O)/C=C1/S/C(=N\N=Cc2cccc(OCC(F)(F)F)c2)NC1=O. The molecule has 2 rings (SSSR count). The van der Waals surface area contributed by atoms with Crippen LogP contribution in [-0.4, -0.2) is 43.2 Å². The van der Waals surface area contributed by atoms with Crippen molar-refractivity contribution in [2.24, 2.45) is 10.2 Å². The maximum Gasteiger partial charge on any atom is 0.422 e. The smallest absolute Gasteiger partial charge is 0.422 e. The maximum atomic E-state index is 12.1. The summed E-state index contributed by atoms with van der Waals surface area (Å²) in [4.78, 5) is 22.8. The van der Waals surface area contributed by atoms with Gasteiger partial charge < -0.3 is 9.47 Å². The Balaban J connectivity index is 2.00. The van der Waals surface area contributed by atoms with Gasteiger partial charge >= 0.3 is 12.1 Å². The summed E-state index contributed by atoms with van der Waals surface area (Å²) in [6, 6.07) is 5.83. The molecular weight excluding hydrogens is 375 g/mol. The van der Waals surface area contributed by atoms with Crippen LogP contribution in [0.5, 0.6) is 5.75 Å². The molecule has 0 unspecified atom stereocenters. The third kappa shape index (κ3) is 6.24. The largest absolute Gasteiger partial charge is 0.484 e. The second-order valence-corrected chi connectivity index (χ2v) is 5.74. The van der Waals surface area contributed by atoms with E-state index in [1.165, 1.54) is 31.5 Å². The standard InChI is InChI=1S/C15H12F3N3O4S/c1-24-12(22)6-11-13(23)20-14(26-11)21-19-7-9-3-2-4-10(5-9)25-8-15(16,17)18/h2-7H,8H2,1H3,(H,20,21,23)/b11-6+,19-7?. The molecule has 0 aliphatic carbocycles. The van der Waals surface area contributed by atoms with Crippen LogP contribution in [0.1, 0.15) is 5.56 Å². The van der Waals surface area contributed by atoms with Crippen molar-refractivity contribution in [3.63, 3.8) is 0 Å². The zero-order chi connectivity index (χ0) is 19.2. The molecule has 0 atom stereocenters. The van der Waals surface area contributed by atoms with Crippen molar-refractivity contribution in [3.05, 3.63) is 40.8 Å². The van der Waals surface area contributed by atoms with Crippen molar-refractivity contribution in [2.45, 2.75) is 6.18 Å². The Kier molecular flexibility index (Phi) is 6.39. The van der Waals surface area contributed by atoms with Gasteiger partial charge in [-0.1, -0.05) is 12.1 Å². The summed E-state index contributed by atoms with van der Waals surface area (Å²) in [6.07, 6.45) is -2.13. The summed E-state index contributed by atoms with van der Waals surface area (Å²) in [5.41, 5.74) is 0.452. The van der Waals surface area contributed by atoms with Crippen molar-refractivity contribution in [3.8, 4) is 5.75 Å².